The summed E-state index contributed by atoms with van der Waals surface area (Å²) in [6.07, 6.45) is 0.738. The first kappa shape index (κ1) is 13.8. The molecule has 0 radical (unpaired) electrons. The first-order valence-electron chi connectivity index (χ1n) is 5.45. The normalized spacial score (nSPS) is 11.8. The van der Waals surface area contributed by atoms with Gasteiger partial charge in [0.2, 0.25) is 0 Å². The molecule has 1 rings (SSSR count). The summed E-state index contributed by atoms with van der Waals surface area (Å²) in [5.74, 6) is 0. The Balaban J connectivity index is 3.19. The van der Waals surface area contributed by atoms with E-state index in [0.717, 1.165) is 6.42 Å². The second kappa shape index (κ2) is 5.37. The largest absolute Gasteiger partial charge is 0.399 e. The van der Waals surface area contributed by atoms with E-state index in [1.807, 2.05) is 6.92 Å². The molecule has 0 unspecified atom stereocenters. The van der Waals surface area contributed by atoms with Gasteiger partial charge in [0.1, 0.15) is 0 Å². The van der Waals surface area contributed by atoms with Crippen LogP contribution in [0.15, 0.2) is 24.3 Å². The number of rotatable bonds is 5. The highest BCUT2D eigenvalue weighted by Crippen LogP contribution is 2.21. The summed E-state index contributed by atoms with van der Waals surface area (Å²) in [5, 5.41) is 0. The number of hydrogen-bond acceptors (Lipinski definition) is 3. The van der Waals surface area contributed by atoms with E-state index in [4.69, 9.17) is 5.73 Å². The van der Waals surface area contributed by atoms with Gasteiger partial charge < -0.3 is 5.73 Å². The van der Waals surface area contributed by atoms with Gasteiger partial charge in [-0.25, -0.2) is 0 Å². The van der Waals surface area contributed by atoms with Crippen molar-refractivity contribution in [1.82, 2.24) is 4.31 Å². The van der Waals surface area contributed by atoms with Crippen LogP contribution < -0.4 is 10.0 Å². The van der Waals surface area contributed by atoms with Gasteiger partial charge in [-0.1, -0.05) is 13.0 Å². The molecule has 0 aliphatic carbocycles. The Kier molecular flexibility index (Phi) is 4.36. The SMILES string of the molecule is CCCN(c1cccc(N)c1)S(=O)(=O)N(C)C. The van der Waals surface area contributed by atoms with Gasteiger partial charge in [-0.15, -0.1) is 0 Å². The Morgan fingerprint density at radius 2 is 1.94 bits per heavy atom. The molecule has 0 aromatic heterocycles. The molecule has 0 heterocycles. The van der Waals surface area contributed by atoms with Gasteiger partial charge in [0.25, 0.3) is 0 Å². The van der Waals surface area contributed by atoms with Gasteiger partial charge in [0.05, 0.1) is 5.69 Å². The molecule has 1 aromatic carbocycles. The summed E-state index contributed by atoms with van der Waals surface area (Å²) >= 11 is 0. The Morgan fingerprint density at radius 1 is 1.29 bits per heavy atom. The summed E-state index contributed by atoms with van der Waals surface area (Å²) in [6, 6.07) is 6.89. The van der Waals surface area contributed by atoms with Crippen LogP contribution in [-0.2, 0) is 10.2 Å². The first-order valence-corrected chi connectivity index (χ1v) is 6.85. The minimum atomic E-state index is -3.46. The maximum atomic E-state index is 12.1. The van der Waals surface area contributed by atoms with Crippen LogP contribution in [0.25, 0.3) is 0 Å². The third-order valence-corrected chi connectivity index (χ3v) is 4.20. The molecule has 0 spiro atoms. The molecule has 0 bridgehead atoms. The van der Waals surface area contributed by atoms with Gasteiger partial charge in [-0.2, -0.15) is 12.7 Å². The number of nitrogen functional groups attached to an aromatic ring is 1. The monoisotopic (exact) mass is 257 g/mol. The van der Waals surface area contributed by atoms with E-state index >= 15 is 0 Å². The van der Waals surface area contributed by atoms with Crippen LogP contribution >= 0.6 is 0 Å². The van der Waals surface area contributed by atoms with Crippen molar-refractivity contribution in [2.24, 2.45) is 0 Å². The highest BCUT2D eigenvalue weighted by Gasteiger charge is 2.23. The molecule has 0 saturated heterocycles. The van der Waals surface area contributed by atoms with Crippen molar-refractivity contribution < 1.29 is 8.42 Å². The Morgan fingerprint density at radius 3 is 2.41 bits per heavy atom. The van der Waals surface area contributed by atoms with Crippen LogP contribution in [0.1, 0.15) is 13.3 Å². The molecular formula is C11H19N3O2S. The van der Waals surface area contributed by atoms with Crippen molar-refractivity contribution in [3.8, 4) is 0 Å². The van der Waals surface area contributed by atoms with Crippen molar-refractivity contribution >= 4 is 21.6 Å². The second-order valence-electron chi connectivity index (χ2n) is 3.96. The first-order chi connectivity index (χ1) is 7.89. The second-order valence-corrected chi connectivity index (χ2v) is 6.02. The fourth-order valence-corrected chi connectivity index (χ4v) is 2.65. The van der Waals surface area contributed by atoms with Crippen LogP contribution in [0.2, 0.25) is 0 Å². The highest BCUT2D eigenvalue weighted by molar-refractivity contribution is 7.90. The molecule has 1 aromatic rings. The Hall–Kier alpha value is -1.27. The third kappa shape index (κ3) is 3.10. The number of benzene rings is 1. The minimum absolute atomic E-state index is 0.434. The number of nitrogens with zero attached hydrogens (tertiary/aromatic N) is 2. The standard InChI is InChI=1S/C11H19N3O2S/c1-4-8-14(17(15,16)13(2)3)11-7-5-6-10(12)9-11/h5-7,9H,4,8,12H2,1-3H3. The van der Waals surface area contributed by atoms with Crippen LogP contribution in [0.5, 0.6) is 0 Å². The predicted octanol–water partition coefficient (Wildman–Crippen LogP) is 1.29. The molecular weight excluding hydrogens is 238 g/mol. The molecule has 5 nitrogen and oxygen atoms in total. The van der Waals surface area contributed by atoms with Crippen molar-refractivity contribution in [3.63, 3.8) is 0 Å². The molecule has 0 saturated carbocycles. The lowest BCUT2D eigenvalue weighted by Gasteiger charge is -2.27. The van der Waals surface area contributed by atoms with Crippen molar-refractivity contribution in [1.29, 1.82) is 0 Å². The summed E-state index contributed by atoms with van der Waals surface area (Å²) < 4.78 is 26.9. The molecule has 96 valence electrons. The third-order valence-electron chi connectivity index (χ3n) is 2.32. The molecule has 6 heteroatoms. The van der Waals surface area contributed by atoms with E-state index in [0.29, 0.717) is 17.9 Å². The van der Waals surface area contributed by atoms with Crippen LogP contribution in [0.3, 0.4) is 0 Å². The van der Waals surface area contributed by atoms with Crippen molar-refractivity contribution in [2.75, 3.05) is 30.7 Å². The van der Waals surface area contributed by atoms with E-state index in [1.165, 1.54) is 22.7 Å². The fraction of sp³-hybridized carbons (Fsp3) is 0.455. The van der Waals surface area contributed by atoms with Gasteiger partial charge in [-0.3, -0.25) is 4.31 Å². The highest BCUT2D eigenvalue weighted by atomic mass is 32.2. The van der Waals surface area contributed by atoms with E-state index < -0.39 is 10.2 Å². The van der Waals surface area contributed by atoms with Crippen molar-refractivity contribution in [2.45, 2.75) is 13.3 Å². The van der Waals surface area contributed by atoms with E-state index in [-0.39, 0.29) is 0 Å². The molecule has 0 fully saturated rings. The van der Waals surface area contributed by atoms with Gasteiger partial charge in [0.15, 0.2) is 0 Å². The zero-order valence-corrected chi connectivity index (χ0v) is 11.2. The lowest BCUT2D eigenvalue weighted by molar-refractivity contribution is 0.515. The topological polar surface area (TPSA) is 66.6 Å². The molecule has 0 atom stereocenters. The van der Waals surface area contributed by atoms with Gasteiger partial charge >= 0.3 is 10.2 Å². The van der Waals surface area contributed by atoms with Crippen LogP contribution in [0, 0.1) is 0 Å². The lowest BCUT2D eigenvalue weighted by Crippen LogP contribution is -2.40. The summed E-state index contributed by atoms with van der Waals surface area (Å²) in [4.78, 5) is 0. The predicted molar refractivity (Wildman–Crippen MR) is 71.1 cm³/mol. The lowest BCUT2D eigenvalue weighted by atomic mass is 10.3. The number of nitrogens with two attached hydrogens (primary N) is 1. The zero-order chi connectivity index (χ0) is 13.1. The van der Waals surface area contributed by atoms with E-state index in [1.54, 1.807) is 24.3 Å². The Bertz CT molecular complexity index is 471. The average Bonchev–Trinajstić information content (AvgIpc) is 2.25. The van der Waals surface area contributed by atoms with Crippen molar-refractivity contribution in [3.05, 3.63) is 24.3 Å². The fourth-order valence-electron chi connectivity index (χ4n) is 1.46. The molecule has 17 heavy (non-hydrogen) atoms. The van der Waals surface area contributed by atoms with E-state index in [2.05, 4.69) is 0 Å². The Labute approximate surface area is 103 Å². The van der Waals surface area contributed by atoms with E-state index in [9.17, 15) is 8.42 Å². The molecule has 0 amide bonds. The average molecular weight is 257 g/mol. The van der Waals surface area contributed by atoms with Gasteiger partial charge in [0, 0.05) is 26.3 Å². The molecule has 0 aliphatic rings. The number of hydrogen-bond donors (Lipinski definition) is 1. The molecule has 0 aliphatic heterocycles. The van der Waals surface area contributed by atoms with Crippen LogP contribution in [0.4, 0.5) is 11.4 Å². The maximum absolute atomic E-state index is 12.1. The maximum Gasteiger partial charge on any atom is 0.303 e. The summed E-state index contributed by atoms with van der Waals surface area (Å²) in [7, 11) is -0.424. The summed E-state index contributed by atoms with van der Waals surface area (Å²) in [6.45, 7) is 2.37. The zero-order valence-electron chi connectivity index (χ0n) is 10.4. The molecule has 2 N–H and O–H groups in total. The minimum Gasteiger partial charge on any atom is -0.399 e. The van der Waals surface area contributed by atoms with Gasteiger partial charge in [-0.05, 0) is 24.6 Å². The van der Waals surface area contributed by atoms with Crippen LogP contribution in [-0.4, -0.2) is 33.4 Å². The smallest absolute Gasteiger partial charge is 0.303 e. The summed E-state index contributed by atoms with van der Waals surface area (Å²) in [5.41, 5.74) is 6.83. The number of anilines is 2. The quantitative estimate of drug-likeness (QED) is 0.808.